The average molecular weight is 559 g/mol. The van der Waals surface area contributed by atoms with Gasteiger partial charge in [0.15, 0.2) is 5.78 Å². The van der Waals surface area contributed by atoms with Gasteiger partial charge in [0, 0.05) is 7.49 Å². The van der Waals surface area contributed by atoms with Crippen molar-refractivity contribution < 1.29 is 25.2 Å². The highest BCUT2D eigenvalue weighted by Crippen LogP contribution is 2.24. The Balaban J connectivity index is 0.000000268. The number of aromatic nitrogens is 4. The summed E-state index contributed by atoms with van der Waals surface area (Å²) in [5, 5.41) is 8.86. The summed E-state index contributed by atoms with van der Waals surface area (Å²) < 4.78 is 18.6. The van der Waals surface area contributed by atoms with Crippen LogP contribution in [0.3, 0.4) is 0 Å². The van der Waals surface area contributed by atoms with E-state index in [9.17, 15) is 14.0 Å². The molecule has 0 aliphatic carbocycles. The molecule has 38 heavy (non-hydrogen) atoms. The van der Waals surface area contributed by atoms with Crippen LogP contribution >= 0.6 is 23.2 Å². The van der Waals surface area contributed by atoms with Gasteiger partial charge in [0.2, 0.25) is 11.8 Å². The van der Waals surface area contributed by atoms with Gasteiger partial charge in [-0.2, -0.15) is 4.39 Å². The molecule has 0 aliphatic rings. The zero-order valence-corrected chi connectivity index (χ0v) is 22.4. The molecular formula is C27H25Cl2FN4O4. The first-order valence-electron chi connectivity index (χ1n) is 11.3. The summed E-state index contributed by atoms with van der Waals surface area (Å²) in [4.78, 5) is 38.3. The first kappa shape index (κ1) is 28.6. The van der Waals surface area contributed by atoms with Crippen molar-refractivity contribution in [3.8, 4) is 28.7 Å². The van der Waals surface area contributed by atoms with Crippen molar-refractivity contribution in [1.29, 1.82) is 0 Å². The Hall–Kier alpha value is -3.95. The van der Waals surface area contributed by atoms with Crippen molar-refractivity contribution in [3.63, 3.8) is 0 Å². The lowest BCUT2D eigenvalue weighted by atomic mass is 10.1. The van der Waals surface area contributed by atoms with Crippen LogP contribution in [0.5, 0.6) is 5.88 Å². The third-order valence-corrected chi connectivity index (χ3v) is 5.59. The number of nitrogens with zero attached hydrogens (tertiary/aromatic N) is 4. The molecule has 0 aliphatic heterocycles. The van der Waals surface area contributed by atoms with E-state index in [1.165, 1.54) is 25.1 Å². The molecule has 0 fully saturated rings. The Labute approximate surface area is 230 Å². The monoisotopic (exact) mass is 558 g/mol. The zero-order valence-electron chi connectivity index (χ0n) is 20.9. The van der Waals surface area contributed by atoms with Crippen LogP contribution in [0.1, 0.15) is 47.1 Å². The smallest absolute Gasteiger partial charge is 0.338 e. The van der Waals surface area contributed by atoms with Crippen LogP contribution in [0, 0.1) is 19.8 Å². The SMILES string of the molecule is CCOc1cc(C)cc(-c2ccc(C(C)=O)c(Cl)n2)n1.Cc1cc(F)nc(-c2ccc(C(=O)O)c(Cl)n2)c1.[HH]. The Morgan fingerprint density at radius 3 is 1.84 bits per heavy atom. The lowest BCUT2D eigenvalue weighted by Crippen LogP contribution is -2.00. The van der Waals surface area contributed by atoms with Gasteiger partial charge in [-0.1, -0.05) is 23.2 Å². The fraction of sp³-hybridized carbons (Fsp3) is 0.185. The van der Waals surface area contributed by atoms with Crippen LogP contribution in [0.2, 0.25) is 10.3 Å². The molecule has 0 amide bonds. The molecule has 0 unspecified atom stereocenters. The van der Waals surface area contributed by atoms with Gasteiger partial charge in [-0.25, -0.2) is 24.7 Å². The fourth-order valence-corrected chi connectivity index (χ4v) is 3.84. The molecule has 0 saturated carbocycles. The van der Waals surface area contributed by atoms with E-state index in [-0.39, 0.29) is 23.1 Å². The van der Waals surface area contributed by atoms with Crippen molar-refractivity contribution >= 4 is 35.0 Å². The Bertz CT molecular complexity index is 1500. The van der Waals surface area contributed by atoms with Crippen molar-refractivity contribution in [1.82, 2.24) is 19.9 Å². The van der Waals surface area contributed by atoms with Gasteiger partial charge in [0.25, 0.3) is 0 Å². The second-order valence-electron chi connectivity index (χ2n) is 8.08. The summed E-state index contributed by atoms with van der Waals surface area (Å²) in [7, 11) is 0. The van der Waals surface area contributed by atoms with Crippen LogP contribution < -0.4 is 4.74 Å². The molecule has 8 nitrogen and oxygen atoms in total. The number of carbonyl (C=O) groups excluding carboxylic acids is 1. The van der Waals surface area contributed by atoms with E-state index in [2.05, 4.69) is 19.9 Å². The van der Waals surface area contributed by atoms with E-state index < -0.39 is 11.9 Å². The van der Waals surface area contributed by atoms with Crippen LogP contribution in [0.25, 0.3) is 22.8 Å². The highest BCUT2D eigenvalue weighted by Gasteiger charge is 2.13. The molecule has 4 rings (SSSR count). The topological polar surface area (TPSA) is 115 Å². The molecule has 0 spiro atoms. The standard InChI is InChI=1S/C15H15ClN2O2.C12H8ClFN2O2.H2/c1-4-20-14-8-9(2)7-13(17-14)12-6-5-11(10(3)19)15(16)18-12;1-6-4-9(15-10(14)5-6)8-3-2-7(12(17)18)11(13)16-8;/h5-8H,4H2,1-3H3;2-5H,1H3,(H,17,18);1H. The second kappa shape index (κ2) is 12.5. The van der Waals surface area contributed by atoms with E-state index in [0.717, 1.165) is 5.56 Å². The molecule has 0 bridgehead atoms. The van der Waals surface area contributed by atoms with Crippen LogP contribution in [0.4, 0.5) is 4.39 Å². The lowest BCUT2D eigenvalue weighted by molar-refractivity contribution is 0.0696. The summed E-state index contributed by atoms with van der Waals surface area (Å²) in [5.41, 5.74) is 3.94. The third kappa shape index (κ3) is 7.30. The molecule has 4 aromatic heterocycles. The lowest BCUT2D eigenvalue weighted by Gasteiger charge is -2.08. The molecule has 198 valence electrons. The highest BCUT2D eigenvalue weighted by molar-refractivity contribution is 6.33. The quantitative estimate of drug-likeness (QED) is 0.201. The van der Waals surface area contributed by atoms with Gasteiger partial charge in [0.05, 0.1) is 40.5 Å². The van der Waals surface area contributed by atoms with Crippen LogP contribution in [0.15, 0.2) is 48.5 Å². The number of Topliss-reactive ketones (excluding diaryl/α,β-unsaturated/α-hetero) is 1. The first-order chi connectivity index (χ1) is 18.0. The number of aromatic carboxylic acids is 1. The zero-order chi connectivity index (χ0) is 28.0. The third-order valence-electron chi connectivity index (χ3n) is 5.01. The van der Waals surface area contributed by atoms with Gasteiger partial charge in [-0.05, 0) is 81.3 Å². The predicted octanol–water partition coefficient (Wildman–Crippen LogP) is 6.90. The minimum Gasteiger partial charge on any atom is -0.478 e. The van der Waals surface area contributed by atoms with E-state index in [1.807, 2.05) is 26.0 Å². The molecule has 1 N–H and O–H groups in total. The summed E-state index contributed by atoms with van der Waals surface area (Å²) >= 11 is 11.8. The van der Waals surface area contributed by atoms with E-state index in [4.69, 9.17) is 33.0 Å². The Kier molecular flexibility index (Phi) is 9.44. The largest absolute Gasteiger partial charge is 0.478 e. The van der Waals surface area contributed by atoms with E-state index in [1.54, 1.807) is 25.1 Å². The van der Waals surface area contributed by atoms with Crippen LogP contribution in [-0.2, 0) is 0 Å². The van der Waals surface area contributed by atoms with Crippen molar-refractivity contribution in [2.75, 3.05) is 6.61 Å². The molecule has 0 radical (unpaired) electrons. The Morgan fingerprint density at radius 2 is 1.37 bits per heavy atom. The van der Waals surface area contributed by atoms with Crippen molar-refractivity contribution in [2.24, 2.45) is 0 Å². The maximum absolute atomic E-state index is 13.2. The average Bonchev–Trinajstić information content (AvgIpc) is 2.83. The summed E-state index contributed by atoms with van der Waals surface area (Å²) in [6, 6.07) is 12.8. The van der Waals surface area contributed by atoms with Gasteiger partial charge in [-0.3, -0.25) is 4.79 Å². The minimum absolute atomic E-state index is 0. The number of ether oxygens (including phenoxy) is 1. The number of halogens is 3. The first-order valence-corrected chi connectivity index (χ1v) is 12.1. The number of hydrogen-bond donors (Lipinski definition) is 1. The molecule has 0 aromatic carbocycles. The van der Waals surface area contributed by atoms with Gasteiger partial charge in [0.1, 0.15) is 10.3 Å². The number of rotatable bonds is 6. The number of carboxylic acid groups (broad SMARTS) is 1. The molecule has 0 saturated heterocycles. The molecule has 4 heterocycles. The molecule has 11 heteroatoms. The highest BCUT2D eigenvalue weighted by atomic mass is 35.5. The summed E-state index contributed by atoms with van der Waals surface area (Å²) in [6.07, 6.45) is 0. The van der Waals surface area contributed by atoms with E-state index in [0.29, 0.717) is 46.4 Å². The number of aryl methyl sites for hydroxylation is 2. The number of ketones is 1. The molecular weight excluding hydrogens is 534 g/mol. The minimum atomic E-state index is -1.16. The number of pyridine rings is 4. The normalized spacial score (nSPS) is 10.4. The number of carboxylic acids is 1. The maximum Gasteiger partial charge on any atom is 0.338 e. The number of carbonyl (C=O) groups is 2. The molecule has 0 atom stereocenters. The van der Waals surface area contributed by atoms with Crippen molar-refractivity contribution in [3.05, 3.63) is 87.0 Å². The predicted molar refractivity (Wildman–Crippen MR) is 145 cm³/mol. The van der Waals surface area contributed by atoms with Gasteiger partial charge in [-0.15, -0.1) is 0 Å². The summed E-state index contributed by atoms with van der Waals surface area (Å²) in [6.45, 7) is 7.59. The van der Waals surface area contributed by atoms with E-state index >= 15 is 0 Å². The Morgan fingerprint density at radius 1 is 0.842 bits per heavy atom. The molecule has 4 aromatic rings. The maximum atomic E-state index is 13.2. The van der Waals surface area contributed by atoms with Gasteiger partial charge < -0.3 is 9.84 Å². The fourth-order valence-electron chi connectivity index (χ4n) is 3.32. The van der Waals surface area contributed by atoms with Crippen molar-refractivity contribution in [2.45, 2.75) is 27.7 Å². The number of hydrogen-bond acceptors (Lipinski definition) is 7. The second-order valence-corrected chi connectivity index (χ2v) is 8.80. The van der Waals surface area contributed by atoms with Gasteiger partial charge >= 0.3 is 5.97 Å². The van der Waals surface area contributed by atoms with Crippen LogP contribution in [-0.4, -0.2) is 43.4 Å². The summed E-state index contributed by atoms with van der Waals surface area (Å²) in [5.74, 6) is -1.34.